The van der Waals surface area contributed by atoms with Crippen molar-refractivity contribution in [3.8, 4) is 0 Å². The number of carbonyl (C=O) groups excluding carboxylic acids is 1. The first-order chi connectivity index (χ1) is 9.79. The number of hydrogen-bond donors (Lipinski definition) is 2. The van der Waals surface area contributed by atoms with E-state index in [1.165, 1.54) is 4.90 Å². The van der Waals surface area contributed by atoms with Crippen molar-refractivity contribution >= 4 is 11.7 Å². The Morgan fingerprint density at radius 1 is 1.33 bits per heavy atom. The number of nitrogens with one attached hydrogen (secondary N) is 1. The van der Waals surface area contributed by atoms with Crippen LogP contribution in [-0.2, 0) is 6.18 Å². The maximum Gasteiger partial charge on any atom is 0.419 e. The Labute approximate surface area is 119 Å². The van der Waals surface area contributed by atoms with E-state index in [1.807, 2.05) is 6.92 Å². The molecule has 0 radical (unpaired) electrons. The number of aliphatic hydroxyl groups is 1. The lowest BCUT2D eigenvalue weighted by Crippen LogP contribution is -2.37. The van der Waals surface area contributed by atoms with Crippen LogP contribution in [0.3, 0.4) is 0 Å². The number of alkyl halides is 3. The van der Waals surface area contributed by atoms with Gasteiger partial charge in [-0.15, -0.1) is 0 Å². The molecule has 1 rings (SSSR count). The monoisotopic (exact) mass is 308 g/mol. The van der Waals surface area contributed by atoms with Gasteiger partial charge >= 0.3 is 12.2 Å². The predicted octanol–water partition coefficient (Wildman–Crippen LogP) is 3.08. The second-order valence-corrected chi connectivity index (χ2v) is 4.33. The Kier molecular flexibility index (Phi) is 5.95. The van der Waals surface area contributed by atoms with E-state index >= 15 is 0 Å². The van der Waals surface area contributed by atoms with Crippen molar-refractivity contribution in [1.82, 2.24) is 4.90 Å². The molecule has 4 nitrogen and oxygen atoms in total. The summed E-state index contributed by atoms with van der Waals surface area (Å²) in [5.41, 5.74) is -1.60. The molecule has 8 heteroatoms. The second-order valence-electron chi connectivity index (χ2n) is 4.33. The topological polar surface area (TPSA) is 52.6 Å². The Morgan fingerprint density at radius 2 is 2.00 bits per heavy atom. The molecule has 118 valence electrons. The van der Waals surface area contributed by atoms with Crippen molar-refractivity contribution in [1.29, 1.82) is 0 Å². The molecule has 0 spiro atoms. The lowest BCUT2D eigenvalue weighted by molar-refractivity contribution is -0.139. The molecular formula is C13H16F4N2O2. The van der Waals surface area contributed by atoms with E-state index in [9.17, 15) is 22.4 Å². The Hall–Kier alpha value is -1.83. The van der Waals surface area contributed by atoms with Crippen LogP contribution in [-0.4, -0.2) is 35.7 Å². The number of amides is 2. The van der Waals surface area contributed by atoms with Crippen LogP contribution >= 0.6 is 0 Å². The Bertz CT molecular complexity index is 486. The maximum absolute atomic E-state index is 13.1. The molecule has 1 aromatic rings. The van der Waals surface area contributed by atoms with Crippen LogP contribution in [0.4, 0.5) is 28.0 Å². The van der Waals surface area contributed by atoms with E-state index in [4.69, 9.17) is 5.11 Å². The highest BCUT2D eigenvalue weighted by molar-refractivity contribution is 5.89. The summed E-state index contributed by atoms with van der Waals surface area (Å²) in [6, 6.07) is 1.59. The summed E-state index contributed by atoms with van der Waals surface area (Å²) in [5.74, 6) is -1.40. The molecule has 21 heavy (non-hydrogen) atoms. The molecule has 0 saturated carbocycles. The molecule has 1 aromatic carbocycles. The van der Waals surface area contributed by atoms with Gasteiger partial charge in [-0.2, -0.15) is 13.2 Å². The number of carbonyl (C=O) groups is 1. The van der Waals surface area contributed by atoms with Crippen LogP contribution in [0.2, 0.25) is 0 Å². The van der Waals surface area contributed by atoms with Crippen LogP contribution in [0, 0.1) is 5.82 Å². The zero-order chi connectivity index (χ0) is 16.0. The number of urea groups is 1. The molecule has 0 heterocycles. The molecule has 0 unspecified atom stereocenters. The number of aliphatic hydroxyl groups excluding tert-OH is 1. The van der Waals surface area contributed by atoms with Gasteiger partial charge in [0.05, 0.1) is 12.2 Å². The first-order valence-electron chi connectivity index (χ1n) is 6.33. The van der Waals surface area contributed by atoms with E-state index in [0.717, 1.165) is 6.07 Å². The first-order valence-corrected chi connectivity index (χ1v) is 6.33. The summed E-state index contributed by atoms with van der Waals surface area (Å²) in [7, 11) is 0. The largest absolute Gasteiger partial charge is 0.419 e. The highest BCUT2D eigenvalue weighted by Crippen LogP contribution is 2.33. The van der Waals surface area contributed by atoms with E-state index in [-0.39, 0.29) is 18.8 Å². The maximum atomic E-state index is 13.1. The Balaban J connectivity index is 2.90. The van der Waals surface area contributed by atoms with Crippen LogP contribution in [0.15, 0.2) is 18.2 Å². The number of benzene rings is 1. The second kappa shape index (κ2) is 7.26. The quantitative estimate of drug-likeness (QED) is 0.821. The molecule has 0 aliphatic carbocycles. The number of nitrogens with zero attached hydrogens (tertiary/aromatic N) is 1. The minimum Gasteiger partial charge on any atom is -0.395 e. The zero-order valence-corrected chi connectivity index (χ0v) is 11.4. The van der Waals surface area contributed by atoms with E-state index in [0.29, 0.717) is 25.1 Å². The molecule has 0 aromatic heterocycles. The third-order valence-corrected chi connectivity index (χ3v) is 2.67. The average Bonchev–Trinajstić information content (AvgIpc) is 2.39. The standard InChI is InChI=1S/C13H16F4N2O2/c1-2-5-19(6-7-20)12(21)18-9-3-4-11(14)10(8-9)13(15,16)17/h3-4,8,20H,2,5-7H2,1H3,(H,18,21). The van der Waals surface area contributed by atoms with Gasteiger partial charge in [-0.05, 0) is 24.6 Å². The SMILES string of the molecule is CCCN(CCO)C(=O)Nc1ccc(F)c(C(F)(F)F)c1. The minimum absolute atomic E-state index is 0.0625. The van der Waals surface area contributed by atoms with Crippen molar-refractivity contribution in [3.63, 3.8) is 0 Å². The normalized spacial score (nSPS) is 11.3. The summed E-state index contributed by atoms with van der Waals surface area (Å²) >= 11 is 0. The third kappa shape index (κ3) is 4.89. The number of rotatable bonds is 5. The van der Waals surface area contributed by atoms with Gasteiger partial charge in [0.25, 0.3) is 0 Å². The van der Waals surface area contributed by atoms with E-state index < -0.39 is 23.6 Å². The van der Waals surface area contributed by atoms with Crippen molar-refractivity contribution in [2.45, 2.75) is 19.5 Å². The van der Waals surface area contributed by atoms with Gasteiger partial charge in [0, 0.05) is 18.8 Å². The van der Waals surface area contributed by atoms with Crippen molar-refractivity contribution in [2.75, 3.05) is 25.0 Å². The molecule has 0 aliphatic heterocycles. The summed E-state index contributed by atoms with van der Waals surface area (Å²) in [4.78, 5) is 13.1. The molecule has 0 bridgehead atoms. The van der Waals surface area contributed by atoms with Crippen molar-refractivity contribution in [2.24, 2.45) is 0 Å². The van der Waals surface area contributed by atoms with Gasteiger partial charge in [-0.3, -0.25) is 0 Å². The molecule has 0 aliphatic rings. The fraction of sp³-hybridized carbons (Fsp3) is 0.462. The molecule has 0 saturated heterocycles. The number of anilines is 1. The predicted molar refractivity (Wildman–Crippen MR) is 69.4 cm³/mol. The summed E-state index contributed by atoms with van der Waals surface area (Å²) in [6.45, 7) is 1.97. The molecule has 0 fully saturated rings. The Morgan fingerprint density at radius 3 is 2.52 bits per heavy atom. The third-order valence-electron chi connectivity index (χ3n) is 2.67. The van der Waals surface area contributed by atoms with E-state index in [2.05, 4.69) is 5.32 Å². The zero-order valence-electron chi connectivity index (χ0n) is 11.4. The van der Waals surface area contributed by atoms with Crippen LogP contribution in [0.1, 0.15) is 18.9 Å². The number of hydrogen-bond acceptors (Lipinski definition) is 2. The minimum atomic E-state index is -4.83. The molecular weight excluding hydrogens is 292 g/mol. The lowest BCUT2D eigenvalue weighted by atomic mass is 10.2. The fourth-order valence-corrected chi connectivity index (χ4v) is 1.73. The van der Waals surface area contributed by atoms with Crippen LogP contribution in [0.5, 0.6) is 0 Å². The van der Waals surface area contributed by atoms with Gasteiger partial charge in [-0.1, -0.05) is 6.92 Å². The van der Waals surface area contributed by atoms with Crippen molar-refractivity contribution < 1.29 is 27.5 Å². The number of halogens is 4. The molecule has 2 amide bonds. The van der Waals surface area contributed by atoms with Gasteiger partial charge in [0.15, 0.2) is 0 Å². The average molecular weight is 308 g/mol. The van der Waals surface area contributed by atoms with Gasteiger partial charge in [0.1, 0.15) is 5.82 Å². The summed E-state index contributed by atoms with van der Waals surface area (Å²) in [6.07, 6.45) is -4.20. The van der Waals surface area contributed by atoms with Crippen LogP contribution < -0.4 is 5.32 Å². The highest BCUT2D eigenvalue weighted by atomic mass is 19.4. The molecule has 2 N–H and O–H groups in total. The smallest absolute Gasteiger partial charge is 0.395 e. The van der Waals surface area contributed by atoms with Crippen LogP contribution in [0.25, 0.3) is 0 Å². The fourth-order valence-electron chi connectivity index (χ4n) is 1.73. The summed E-state index contributed by atoms with van der Waals surface area (Å²) < 4.78 is 50.8. The van der Waals surface area contributed by atoms with Gasteiger partial charge in [0.2, 0.25) is 0 Å². The van der Waals surface area contributed by atoms with Gasteiger partial charge in [-0.25, -0.2) is 9.18 Å². The van der Waals surface area contributed by atoms with E-state index in [1.54, 1.807) is 0 Å². The summed E-state index contributed by atoms with van der Waals surface area (Å²) in [5, 5.41) is 11.1. The first kappa shape index (κ1) is 17.2. The lowest BCUT2D eigenvalue weighted by Gasteiger charge is -2.21. The van der Waals surface area contributed by atoms with Crippen molar-refractivity contribution in [3.05, 3.63) is 29.6 Å². The highest BCUT2D eigenvalue weighted by Gasteiger charge is 2.34. The molecule has 0 atom stereocenters. The van der Waals surface area contributed by atoms with Gasteiger partial charge < -0.3 is 15.3 Å².